The van der Waals surface area contributed by atoms with Crippen molar-refractivity contribution in [2.75, 3.05) is 5.75 Å². The molecule has 0 atom stereocenters. The molecule has 0 saturated heterocycles. The molecule has 0 aliphatic carbocycles. The molecular weight excluding hydrogens is 172 g/mol. The highest BCUT2D eigenvalue weighted by Crippen LogP contribution is 2.06. The van der Waals surface area contributed by atoms with E-state index in [1.165, 1.54) is 0 Å². The molecule has 0 unspecified atom stereocenters. The second-order valence-electron chi connectivity index (χ2n) is 3.48. The zero-order valence-corrected chi connectivity index (χ0v) is 9.15. The van der Waals surface area contributed by atoms with Crippen molar-refractivity contribution >= 4 is 9.84 Å². The molecule has 74 valence electrons. The number of unbranched alkanes of at least 4 members (excludes halogenated alkanes) is 3. The molecule has 0 rings (SSSR count). The molecule has 0 bridgehead atoms. The maximum Gasteiger partial charge on any atom is 0.152 e. The van der Waals surface area contributed by atoms with Crippen LogP contribution < -0.4 is 0 Å². The highest BCUT2D eigenvalue weighted by atomic mass is 32.2. The molecule has 0 aliphatic rings. The van der Waals surface area contributed by atoms with Crippen molar-refractivity contribution in [3.63, 3.8) is 0 Å². The van der Waals surface area contributed by atoms with Gasteiger partial charge >= 0.3 is 0 Å². The lowest BCUT2D eigenvalue weighted by Gasteiger charge is -2.06. The van der Waals surface area contributed by atoms with E-state index in [1.807, 2.05) is 0 Å². The Labute approximate surface area is 76.3 Å². The minimum atomic E-state index is -2.78. The quantitative estimate of drug-likeness (QED) is 0.606. The summed E-state index contributed by atoms with van der Waals surface area (Å²) in [6, 6.07) is 0. The number of rotatable bonds is 6. The van der Waals surface area contributed by atoms with E-state index in [9.17, 15) is 8.42 Å². The molecule has 12 heavy (non-hydrogen) atoms. The van der Waals surface area contributed by atoms with E-state index < -0.39 is 9.84 Å². The third-order valence-electron chi connectivity index (χ3n) is 2.00. The van der Waals surface area contributed by atoms with Gasteiger partial charge in [-0.05, 0) is 20.3 Å². The molecule has 0 aromatic rings. The second-order valence-corrected chi connectivity index (χ2v) is 6.15. The second kappa shape index (κ2) is 5.57. The Bertz CT molecular complexity index is 193. The Hall–Kier alpha value is -0.0500. The molecule has 2 nitrogen and oxygen atoms in total. The third-order valence-corrected chi connectivity index (χ3v) is 4.29. The van der Waals surface area contributed by atoms with Gasteiger partial charge in [-0.3, -0.25) is 0 Å². The van der Waals surface area contributed by atoms with Crippen LogP contribution >= 0.6 is 0 Å². The summed E-state index contributed by atoms with van der Waals surface area (Å²) in [5, 5.41) is -0.209. The van der Waals surface area contributed by atoms with Crippen LogP contribution in [0.5, 0.6) is 0 Å². The fourth-order valence-electron chi connectivity index (χ4n) is 0.966. The first kappa shape index (κ1) is 11.9. The molecule has 0 radical (unpaired) electrons. The van der Waals surface area contributed by atoms with Crippen LogP contribution in [0.2, 0.25) is 0 Å². The largest absolute Gasteiger partial charge is 0.229 e. The smallest absolute Gasteiger partial charge is 0.152 e. The van der Waals surface area contributed by atoms with E-state index in [-0.39, 0.29) is 5.25 Å². The predicted molar refractivity (Wildman–Crippen MR) is 53.1 cm³/mol. The van der Waals surface area contributed by atoms with Gasteiger partial charge in [0.25, 0.3) is 0 Å². The van der Waals surface area contributed by atoms with Gasteiger partial charge in [-0.1, -0.05) is 26.2 Å². The molecule has 0 saturated carbocycles. The van der Waals surface area contributed by atoms with Gasteiger partial charge in [0.1, 0.15) is 0 Å². The molecule has 0 spiro atoms. The van der Waals surface area contributed by atoms with Crippen molar-refractivity contribution < 1.29 is 8.42 Å². The molecule has 0 aromatic carbocycles. The Kier molecular flexibility index (Phi) is 5.55. The number of hydrogen-bond donors (Lipinski definition) is 0. The summed E-state index contributed by atoms with van der Waals surface area (Å²) in [7, 11) is -2.78. The Morgan fingerprint density at radius 1 is 1.08 bits per heavy atom. The van der Waals surface area contributed by atoms with Gasteiger partial charge in [0.05, 0.1) is 11.0 Å². The fraction of sp³-hybridized carbons (Fsp3) is 1.00. The van der Waals surface area contributed by atoms with Crippen molar-refractivity contribution in [1.82, 2.24) is 0 Å². The van der Waals surface area contributed by atoms with Crippen molar-refractivity contribution in [2.24, 2.45) is 0 Å². The van der Waals surface area contributed by atoms with Crippen LogP contribution in [0, 0.1) is 0 Å². The molecule has 0 heterocycles. The van der Waals surface area contributed by atoms with Gasteiger partial charge in [0, 0.05) is 0 Å². The fourth-order valence-corrected chi connectivity index (χ4v) is 2.04. The van der Waals surface area contributed by atoms with Crippen molar-refractivity contribution in [1.29, 1.82) is 0 Å². The Balaban J connectivity index is 3.63. The van der Waals surface area contributed by atoms with Gasteiger partial charge in [0.15, 0.2) is 9.84 Å². The summed E-state index contributed by atoms with van der Waals surface area (Å²) in [6.45, 7) is 5.61. The van der Waals surface area contributed by atoms with Crippen LogP contribution in [0.25, 0.3) is 0 Å². The van der Waals surface area contributed by atoms with E-state index in [4.69, 9.17) is 0 Å². The lowest BCUT2D eigenvalue weighted by molar-refractivity contribution is 0.580. The first-order valence-corrected chi connectivity index (χ1v) is 6.43. The van der Waals surface area contributed by atoms with Crippen LogP contribution in [0.3, 0.4) is 0 Å². The summed E-state index contributed by atoms with van der Waals surface area (Å²) in [5.74, 6) is 0.366. The molecule has 0 amide bonds. The Morgan fingerprint density at radius 3 is 2.08 bits per heavy atom. The normalized spacial score (nSPS) is 12.3. The van der Waals surface area contributed by atoms with E-state index in [1.54, 1.807) is 13.8 Å². The zero-order valence-electron chi connectivity index (χ0n) is 8.34. The van der Waals surface area contributed by atoms with E-state index >= 15 is 0 Å². The maximum atomic E-state index is 11.3. The number of sulfone groups is 1. The first-order valence-electron chi connectivity index (χ1n) is 4.72. The van der Waals surface area contributed by atoms with Gasteiger partial charge < -0.3 is 0 Å². The predicted octanol–water partition coefficient (Wildman–Crippen LogP) is 2.39. The van der Waals surface area contributed by atoms with E-state index in [0.717, 1.165) is 25.7 Å². The van der Waals surface area contributed by atoms with E-state index in [0.29, 0.717) is 5.75 Å². The summed E-state index contributed by atoms with van der Waals surface area (Å²) < 4.78 is 22.6. The van der Waals surface area contributed by atoms with Crippen LogP contribution in [0.1, 0.15) is 46.5 Å². The van der Waals surface area contributed by atoms with Crippen LogP contribution in [-0.2, 0) is 9.84 Å². The van der Waals surface area contributed by atoms with Crippen molar-refractivity contribution in [2.45, 2.75) is 51.7 Å². The first-order chi connectivity index (χ1) is 5.50. The third kappa shape index (κ3) is 4.75. The minimum Gasteiger partial charge on any atom is -0.229 e. The standard InChI is InChI=1S/C9H20O2S/c1-4-5-6-7-8-12(10,11)9(2)3/h9H,4-8H2,1-3H3. The molecule has 0 aliphatic heterocycles. The molecule has 0 fully saturated rings. The summed E-state index contributed by atoms with van der Waals surface area (Å²) in [6.07, 6.45) is 4.17. The molecular formula is C9H20O2S. The monoisotopic (exact) mass is 192 g/mol. The van der Waals surface area contributed by atoms with Gasteiger partial charge in [-0.15, -0.1) is 0 Å². The summed E-state index contributed by atoms with van der Waals surface area (Å²) in [4.78, 5) is 0. The van der Waals surface area contributed by atoms with Crippen molar-refractivity contribution in [3.05, 3.63) is 0 Å². The van der Waals surface area contributed by atoms with Crippen LogP contribution in [-0.4, -0.2) is 19.4 Å². The van der Waals surface area contributed by atoms with Crippen LogP contribution in [0.15, 0.2) is 0 Å². The molecule has 0 aromatic heterocycles. The van der Waals surface area contributed by atoms with Gasteiger partial charge in [0.2, 0.25) is 0 Å². The van der Waals surface area contributed by atoms with Gasteiger partial charge in [-0.2, -0.15) is 0 Å². The minimum absolute atomic E-state index is 0.209. The SMILES string of the molecule is CCCCCCS(=O)(=O)C(C)C. The van der Waals surface area contributed by atoms with Crippen LogP contribution in [0.4, 0.5) is 0 Å². The van der Waals surface area contributed by atoms with Gasteiger partial charge in [-0.25, -0.2) is 8.42 Å². The highest BCUT2D eigenvalue weighted by molar-refractivity contribution is 7.91. The number of hydrogen-bond acceptors (Lipinski definition) is 2. The highest BCUT2D eigenvalue weighted by Gasteiger charge is 2.14. The lowest BCUT2D eigenvalue weighted by Crippen LogP contribution is -2.17. The topological polar surface area (TPSA) is 34.1 Å². The average Bonchev–Trinajstić information content (AvgIpc) is 1.98. The summed E-state index contributed by atoms with van der Waals surface area (Å²) in [5.41, 5.74) is 0. The zero-order chi connectivity index (χ0) is 9.61. The van der Waals surface area contributed by atoms with Crippen molar-refractivity contribution in [3.8, 4) is 0 Å². The molecule has 0 N–H and O–H groups in total. The maximum absolute atomic E-state index is 11.3. The Morgan fingerprint density at radius 2 is 1.67 bits per heavy atom. The van der Waals surface area contributed by atoms with E-state index in [2.05, 4.69) is 6.92 Å². The summed E-state index contributed by atoms with van der Waals surface area (Å²) >= 11 is 0. The lowest BCUT2D eigenvalue weighted by atomic mass is 10.2. The molecule has 3 heteroatoms. The average molecular weight is 192 g/mol.